The lowest BCUT2D eigenvalue weighted by atomic mass is 10.1. The molecule has 3 aromatic rings. The fraction of sp³-hybridized carbons (Fsp3) is 0.357. The maximum absolute atomic E-state index is 14.1. The first-order chi connectivity index (χ1) is 17.5. The van der Waals surface area contributed by atoms with Crippen molar-refractivity contribution >= 4 is 22.6 Å². The number of hydrogen-bond donors (Lipinski definition) is 0. The maximum Gasteiger partial charge on any atom is 0.257 e. The van der Waals surface area contributed by atoms with E-state index in [1.165, 1.54) is 6.07 Å². The maximum atomic E-state index is 14.1. The first-order valence-corrected chi connectivity index (χ1v) is 12.3. The van der Waals surface area contributed by atoms with Crippen LogP contribution in [-0.2, 0) is 4.74 Å². The number of halogens is 2. The number of rotatable bonds is 4. The van der Waals surface area contributed by atoms with Crippen molar-refractivity contribution in [1.82, 2.24) is 14.7 Å². The van der Waals surface area contributed by atoms with Crippen LogP contribution in [0.25, 0.3) is 10.8 Å². The van der Waals surface area contributed by atoms with Crippen molar-refractivity contribution in [2.24, 2.45) is 0 Å². The number of carbonyl (C=O) groups excluding carboxylic acids is 2. The quantitative estimate of drug-likeness (QED) is 0.555. The van der Waals surface area contributed by atoms with Crippen LogP contribution in [0, 0.1) is 11.6 Å². The van der Waals surface area contributed by atoms with Crippen molar-refractivity contribution in [2.45, 2.75) is 12.5 Å². The Morgan fingerprint density at radius 3 is 2.50 bits per heavy atom. The summed E-state index contributed by atoms with van der Waals surface area (Å²) in [6.45, 7) is 4.50. The van der Waals surface area contributed by atoms with Crippen LogP contribution in [0.3, 0.4) is 0 Å². The lowest BCUT2D eigenvalue weighted by Gasteiger charge is -2.35. The molecule has 2 aliphatic heterocycles. The second-order valence-electron chi connectivity index (χ2n) is 9.38. The van der Waals surface area contributed by atoms with Gasteiger partial charge in [-0.1, -0.05) is 30.3 Å². The zero-order valence-corrected chi connectivity index (χ0v) is 20.0. The van der Waals surface area contributed by atoms with E-state index in [2.05, 4.69) is 4.90 Å². The van der Waals surface area contributed by atoms with Gasteiger partial charge >= 0.3 is 0 Å². The average molecular weight is 494 g/mol. The number of fused-ring (bicyclic) bond motifs is 1. The van der Waals surface area contributed by atoms with Gasteiger partial charge < -0.3 is 14.5 Å². The number of nitrogens with zero attached hydrogens (tertiary/aromatic N) is 3. The number of carbonyl (C=O) groups is 2. The van der Waals surface area contributed by atoms with Crippen molar-refractivity contribution in [3.63, 3.8) is 0 Å². The van der Waals surface area contributed by atoms with E-state index in [4.69, 9.17) is 4.74 Å². The Balaban J connectivity index is 1.17. The molecule has 3 aromatic carbocycles. The molecule has 8 heteroatoms. The van der Waals surface area contributed by atoms with E-state index in [1.807, 2.05) is 47.4 Å². The first-order valence-electron chi connectivity index (χ1n) is 12.3. The summed E-state index contributed by atoms with van der Waals surface area (Å²) < 4.78 is 33.2. The van der Waals surface area contributed by atoms with Gasteiger partial charge in [0, 0.05) is 50.9 Å². The highest BCUT2D eigenvalue weighted by Gasteiger charge is 2.29. The van der Waals surface area contributed by atoms with Crippen LogP contribution in [-0.4, -0.2) is 85.0 Å². The fourth-order valence-corrected chi connectivity index (χ4v) is 5.00. The van der Waals surface area contributed by atoms with Gasteiger partial charge in [0.05, 0.1) is 18.3 Å². The van der Waals surface area contributed by atoms with Crippen LogP contribution in [0.5, 0.6) is 0 Å². The molecule has 0 aliphatic carbocycles. The normalized spacial score (nSPS) is 19.3. The van der Waals surface area contributed by atoms with Crippen LogP contribution in [0.15, 0.2) is 60.7 Å². The summed E-state index contributed by atoms with van der Waals surface area (Å²) in [6, 6.07) is 16.8. The van der Waals surface area contributed by atoms with Crippen LogP contribution in [0.2, 0.25) is 0 Å². The molecule has 1 atom stereocenters. The van der Waals surface area contributed by atoms with E-state index < -0.39 is 17.5 Å². The third kappa shape index (κ3) is 5.39. The molecule has 0 aromatic heterocycles. The Morgan fingerprint density at radius 2 is 1.67 bits per heavy atom. The molecule has 1 unspecified atom stereocenters. The Kier molecular flexibility index (Phi) is 7.25. The van der Waals surface area contributed by atoms with Gasteiger partial charge in [-0.05, 0) is 48.0 Å². The van der Waals surface area contributed by atoms with Crippen molar-refractivity contribution in [3.8, 4) is 0 Å². The number of morpholine rings is 1. The summed E-state index contributed by atoms with van der Waals surface area (Å²) in [5.74, 6) is -1.98. The Hall–Kier alpha value is -3.36. The second-order valence-corrected chi connectivity index (χ2v) is 9.38. The molecule has 0 spiro atoms. The van der Waals surface area contributed by atoms with Crippen molar-refractivity contribution < 1.29 is 23.1 Å². The largest absolute Gasteiger partial charge is 0.373 e. The standard InChI is InChI=1S/C28H29F2N3O3/c29-23-8-9-25(26(30)17-23)28(35)33-14-15-36-24(19-33)18-31-10-3-11-32(13-12-31)27(34)22-7-6-20-4-1-2-5-21(20)16-22/h1-2,4-9,16-17,24H,3,10-15,18-19H2. The van der Waals surface area contributed by atoms with Crippen LogP contribution < -0.4 is 0 Å². The SMILES string of the molecule is O=C(c1ccc2ccccc2c1)N1CCCN(CC2CN(C(=O)c3ccc(F)cc3F)CCO2)CC1. The molecule has 188 valence electrons. The molecule has 36 heavy (non-hydrogen) atoms. The van der Waals surface area contributed by atoms with E-state index in [1.54, 1.807) is 4.90 Å². The van der Waals surface area contributed by atoms with E-state index >= 15 is 0 Å². The van der Waals surface area contributed by atoms with Gasteiger partial charge in [0.15, 0.2) is 0 Å². The predicted octanol–water partition coefficient (Wildman–Crippen LogP) is 3.81. The number of ether oxygens (including phenoxy) is 1. The third-order valence-corrected chi connectivity index (χ3v) is 6.92. The molecule has 2 fully saturated rings. The third-order valence-electron chi connectivity index (χ3n) is 6.92. The molecule has 0 bridgehead atoms. The Morgan fingerprint density at radius 1 is 0.833 bits per heavy atom. The smallest absolute Gasteiger partial charge is 0.257 e. The summed E-state index contributed by atoms with van der Waals surface area (Å²) in [6.07, 6.45) is 0.629. The lowest BCUT2D eigenvalue weighted by Crippen LogP contribution is -2.50. The van der Waals surface area contributed by atoms with E-state index in [0.29, 0.717) is 51.4 Å². The van der Waals surface area contributed by atoms with Gasteiger partial charge in [-0.2, -0.15) is 0 Å². The number of hydrogen-bond acceptors (Lipinski definition) is 4. The van der Waals surface area contributed by atoms with Gasteiger partial charge in [0.25, 0.3) is 11.8 Å². The molecule has 6 nitrogen and oxygen atoms in total. The molecule has 0 saturated carbocycles. The molecular weight excluding hydrogens is 464 g/mol. The molecule has 0 N–H and O–H groups in total. The Labute approximate surface area is 209 Å². The van der Waals surface area contributed by atoms with Gasteiger partial charge in [-0.25, -0.2) is 8.78 Å². The summed E-state index contributed by atoms with van der Waals surface area (Å²) in [5.41, 5.74) is 0.564. The van der Waals surface area contributed by atoms with Gasteiger partial charge in [0.2, 0.25) is 0 Å². The lowest BCUT2D eigenvalue weighted by molar-refractivity contribution is -0.0354. The van der Waals surface area contributed by atoms with Gasteiger partial charge in [-0.3, -0.25) is 14.5 Å². The predicted molar refractivity (Wildman–Crippen MR) is 133 cm³/mol. The molecule has 2 aliphatic rings. The van der Waals surface area contributed by atoms with E-state index in [0.717, 1.165) is 35.9 Å². The fourth-order valence-electron chi connectivity index (χ4n) is 5.00. The van der Waals surface area contributed by atoms with E-state index in [-0.39, 0.29) is 17.6 Å². The molecular formula is C28H29F2N3O3. The van der Waals surface area contributed by atoms with Crippen LogP contribution in [0.1, 0.15) is 27.1 Å². The highest BCUT2D eigenvalue weighted by Crippen LogP contribution is 2.19. The van der Waals surface area contributed by atoms with Crippen molar-refractivity contribution in [2.75, 3.05) is 52.4 Å². The van der Waals surface area contributed by atoms with Crippen LogP contribution in [0.4, 0.5) is 8.78 Å². The summed E-state index contributed by atoms with van der Waals surface area (Å²) in [4.78, 5) is 31.7. The summed E-state index contributed by atoms with van der Waals surface area (Å²) >= 11 is 0. The number of benzene rings is 3. The van der Waals surface area contributed by atoms with E-state index in [9.17, 15) is 18.4 Å². The average Bonchev–Trinajstić information content (AvgIpc) is 3.13. The molecule has 5 rings (SSSR count). The summed E-state index contributed by atoms with van der Waals surface area (Å²) in [7, 11) is 0. The topological polar surface area (TPSA) is 53.1 Å². The summed E-state index contributed by atoms with van der Waals surface area (Å²) in [5, 5.41) is 2.16. The first kappa shape index (κ1) is 24.3. The van der Waals surface area contributed by atoms with Crippen LogP contribution >= 0.6 is 0 Å². The van der Waals surface area contributed by atoms with Gasteiger partial charge in [-0.15, -0.1) is 0 Å². The Bertz CT molecular complexity index is 1270. The zero-order chi connectivity index (χ0) is 25.1. The van der Waals surface area contributed by atoms with Crippen molar-refractivity contribution in [1.29, 1.82) is 0 Å². The molecule has 0 radical (unpaired) electrons. The van der Waals surface area contributed by atoms with Gasteiger partial charge in [0.1, 0.15) is 11.6 Å². The molecule has 2 saturated heterocycles. The molecule has 2 amide bonds. The van der Waals surface area contributed by atoms with Crippen molar-refractivity contribution in [3.05, 3.63) is 83.4 Å². The highest BCUT2D eigenvalue weighted by molar-refractivity contribution is 5.98. The highest BCUT2D eigenvalue weighted by atomic mass is 19.1. The number of amides is 2. The monoisotopic (exact) mass is 493 g/mol. The minimum atomic E-state index is -0.855. The molecule has 2 heterocycles. The minimum absolute atomic E-state index is 0.0367. The second kappa shape index (κ2) is 10.7. The zero-order valence-electron chi connectivity index (χ0n) is 20.0. The minimum Gasteiger partial charge on any atom is -0.373 e.